The average Bonchev–Trinajstić information content (AvgIpc) is 2.93. The van der Waals surface area contributed by atoms with Gasteiger partial charge in [0.05, 0.1) is 24.6 Å². The summed E-state index contributed by atoms with van der Waals surface area (Å²) in [5.74, 6) is 0.710. The second-order valence-corrected chi connectivity index (χ2v) is 12.4. The first kappa shape index (κ1) is 28.6. The minimum absolute atomic E-state index is 0.0792. The number of fused-ring (bicyclic) bond motifs is 4. The SMILES string of the molecule is CCOC(=O)C(=O)Nc1ccccc1N(C(=O)C(=O)OCC)C1C[C@H]2CCC[C@@H](C1)C2C1C[C@H]2CCC[C@@H](C1)C2. The lowest BCUT2D eigenvalue weighted by Gasteiger charge is -2.53. The topological polar surface area (TPSA) is 102 Å². The molecule has 4 fully saturated rings. The van der Waals surface area contributed by atoms with Crippen LogP contribution < -0.4 is 10.2 Å². The summed E-state index contributed by atoms with van der Waals surface area (Å²) in [7, 11) is 0. The molecule has 2 amide bonds. The number of nitrogens with one attached hydrogen (secondary N) is 1. The first-order valence-corrected chi connectivity index (χ1v) is 15.5. The van der Waals surface area contributed by atoms with E-state index in [1.54, 1.807) is 43.0 Å². The molecule has 0 aliphatic heterocycles. The van der Waals surface area contributed by atoms with Crippen molar-refractivity contribution in [3.63, 3.8) is 0 Å². The molecule has 3 unspecified atom stereocenters. The van der Waals surface area contributed by atoms with Crippen molar-refractivity contribution in [1.82, 2.24) is 0 Å². The minimum atomic E-state index is -0.993. The van der Waals surface area contributed by atoms with Crippen LogP contribution in [0.3, 0.4) is 0 Å². The van der Waals surface area contributed by atoms with E-state index in [4.69, 9.17) is 9.47 Å². The van der Waals surface area contributed by atoms with Gasteiger partial charge in [0.1, 0.15) is 0 Å². The Morgan fingerprint density at radius 1 is 0.775 bits per heavy atom. The molecule has 5 rings (SSSR count). The summed E-state index contributed by atoms with van der Waals surface area (Å²) in [5, 5.41) is 2.61. The highest BCUT2D eigenvalue weighted by Crippen LogP contribution is 2.55. The van der Waals surface area contributed by atoms with Crippen LogP contribution in [0.15, 0.2) is 24.3 Å². The number of amides is 2. The molecule has 0 aromatic heterocycles. The van der Waals surface area contributed by atoms with Gasteiger partial charge in [0.15, 0.2) is 0 Å². The van der Waals surface area contributed by atoms with Crippen LogP contribution in [0.25, 0.3) is 0 Å². The first-order chi connectivity index (χ1) is 19.4. The fourth-order valence-electron chi connectivity index (χ4n) is 8.76. The molecule has 8 nitrogen and oxygen atoms in total. The van der Waals surface area contributed by atoms with Gasteiger partial charge in [-0.25, -0.2) is 9.59 Å². The van der Waals surface area contributed by atoms with Gasteiger partial charge in [-0.1, -0.05) is 50.7 Å². The van der Waals surface area contributed by atoms with Crippen LogP contribution in [0.1, 0.15) is 84.5 Å². The number of ether oxygens (including phenoxy) is 2. The second kappa shape index (κ2) is 12.7. The molecule has 1 N–H and O–H groups in total. The number of nitrogens with zero attached hydrogens (tertiary/aromatic N) is 1. The number of para-hydroxylation sites is 2. The van der Waals surface area contributed by atoms with E-state index >= 15 is 0 Å². The largest absolute Gasteiger partial charge is 0.459 e. The third-order valence-corrected chi connectivity index (χ3v) is 10.0. The molecule has 7 atom stereocenters. The van der Waals surface area contributed by atoms with Crippen molar-refractivity contribution in [3.8, 4) is 0 Å². The monoisotopic (exact) mass is 552 g/mol. The lowest BCUT2D eigenvalue weighted by molar-refractivity contribution is -0.153. The molecule has 1 aromatic rings. The normalized spacial score (nSPS) is 31.0. The standard InChI is InChI=1S/C32H44N2O6/c1-3-39-31(37)29(35)33-26-13-5-6-14-27(26)34(30(36)32(38)40-4-2)25-18-22-11-8-12-23(19-25)28(22)24-16-20-9-7-10-21(15-20)17-24/h5-6,13-14,20-25,28H,3-4,7-12,15-19H2,1-2H3,(H,33,35)/t20-,21+,22-,23+,24?,25?,28?. The van der Waals surface area contributed by atoms with Crippen molar-refractivity contribution >= 4 is 35.1 Å². The molecular formula is C32H44N2O6. The molecule has 0 saturated heterocycles. The lowest BCUT2D eigenvalue weighted by atomic mass is 9.54. The Morgan fingerprint density at radius 3 is 2.02 bits per heavy atom. The Hall–Kier alpha value is -2.90. The molecule has 0 radical (unpaired) electrons. The van der Waals surface area contributed by atoms with Gasteiger partial charge in [-0.05, 0) is 93.6 Å². The quantitative estimate of drug-likeness (QED) is 0.370. The molecule has 4 bridgehead atoms. The van der Waals surface area contributed by atoms with Gasteiger partial charge in [-0.15, -0.1) is 0 Å². The van der Waals surface area contributed by atoms with E-state index in [1.165, 1.54) is 44.9 Å². The van der Waals surface area contributed by atoms with E-state index in [0.717, 1.165) is 43.4 Å². The van der Waals surface area contributed by atoms with Crippen LogP contribution in [0.5, 0.6) is 0 Å². The maximum atomic E-state index is 13.7. The van der Waals surface area contributed by atoms with Gasteiger partial charge in [-0.3, -0.25) is 14.5 Å². The molecule has 0 heterocycles. The zero-order valence-electron chi connectivity index (χ0n) is 23.9. The Balaban J connectivity index is 1.42. The molecule has 218 valence electrons. The number of benzene rings is 1. The lowest BCUT2D eigenvalue weighted by Crippen LogP contribution is -2.53. The number of carbonyl (C=O) groups excluding carboxylic acids is 4. The number of carbonyl (C=O) groups is 4. The third-order valence-electron chi connectivity index (χ3n) is 10.0. The zero-order chi connectivity index (χ0) is 28.2. The zero-order valence-corrected chi connectivity index (χ0v) is 23.9. The minimum Gasteiger partial charge on any atom is -0.459 e. The summed E-state index contributed by atoms with van der Waals surface area (Å²) >= 11 is 0. The van der Waals surface area contributed by atoms with Gasteiger partial charge < -0.3 is 14.8 Å². The summed E-state index contributed by atoms with van der Waals surface area (Å²) in [6, 6.07) is 6.68. The van der Waals surface area contributed by atoms with Crippen molar-refractivity contribution in [2.24, 2.45) is 35.5 Å². The number of esters is 2. The summed E-state index contributed by atoms with van der Waals surface area (Å²) in [5.41, 5.74) is 0.706. The molecule has 4 aliphatic carbocycles. The van der Waals surface area contributed by atoms with Gasteiger partial charge in [-0.2, -0.15) is 0 Å². The maximum absolute atomic E-state index is 13.7. The van der Waals surface area contributed by atoms with E-state index in [0.29, 0.717) is 29.1 Å². The van der Waals surface area contributed by atoms with Gasteiger partial charge in [0.25, 0.3) is 0 Å². The molecule has 1 aromatic carbocycles. The Kier molecular flexibility index (Phi) is 9.11. The molecule has 40 heavy (non-hydrogen) atoms. The Labute approximate surface area is 237 Å². The van der Waals surface area contributed by atoms with E-state index in [2.05, 4.69) is 5.32 Å². The van der Waals surface area contributed by atoms with E-state index in [9.17, 15) is 19.2 Å². The van der Waals surface area contributed by atoms with Crippen LogP contribution in [0.4, 0.5) is 11.4 Å². The number of hydrogen-bond donors (Lipinski definition) is 1. The number of anilines is 2. The predicted octanol–water partition coefficient (Wildman–Crippen LogP) is 5.50. The number of hydrogen-bond acceptors (Lipinski definition) is 6. The van der Waals surface area contributed by atoms with E-state index in [-0.39, 0.29) is 19.3 Å². The van der Waals surface area contributed by atoms with Crippen LogP contribution in [-0.4, -0.2) is 43.0 Å². The highest BCUT2D eigenvalue weighted by Gasteiger charge is 2.49. The highest BCUT2D eigenvalue weighted by atomic mass is 16.5. The van der Waals surface area contributed by atoms with Crippen LogP contribution in [-0.2, 0) is 28.7 Å². The highest BCUT2D eigenvalue weighted by molar-refractivity contribution is 6.40. The summed E-state index contributed by atoms with van der Waals surface area (Å²) in [4.78, 5) is 52.7. The molecule has 8 heteroatoms. The van der Waals surface area contributed by atoms with Crippen LogP contribution in [0.2, 0.25) is 0 Å². The van der Waals surface area contributed by atoms with Gasteiger partial charge in [0.2, 0.25) is 0 Å². The molecule has 0 spiro atoms. The number of rotatable bonds is 6. The fourth-order valence-corrected chi connectivity index (χ4v) is 8.76. The van der Waals surface area contributed by atoms with Crippen molar-refractivity contribution < 1.29 is 28.7 Å². The van der Waals surface area contributed by atoms with Crippen molar-refractivity contribution in [3.05, 3.63) is 24.3 Å². The summed E-state index contributed by atoms with van der Waals surface area (Å²) < 4.78 is 10.0. The average molecular weight is 553 g/mol. The first-order valence-electron chi connectivity index (χ1n) is 15.5. The van der Waals surface area contributed by atoms with Crippen LogP contribution in [0, 0.1) is 35.5 Å². The summed E-state index contributed by atoms with van der Waals surface area (Å²) in [6.45, 7) is 3.49. The van der Waals surface area contributed by atoms with Crippen LogP contribution >= 0.6 is 0 Å². The second-order valence-electron chi connectivity index (χ2n) is 12.4. The van der Waals surface area contributed by atoms with E-state index < -0.39 is 23.8 Å². The third kappa shape index (κ3) is 6.06. The van der Waals surface area contributed by atoms with E-state index in [1.807, 2.05) is 0 Å². The van der Waals surface area contributed by atoms with Crippen molar-refractivity contribution in [2.75, 3.05) is 23.4 Å². The Bertz CT molecular complexity index is 1080. The predicted molar refractivity (Wildman–Crippen MR) is 151 cm³/mol. The maximum Gasteiger partial charge on any atom is 0.397 e. The fraction of sp³-hybridized carbons (Fsp3) is 0.688. The molecule has 4 aliphatic rings. The summed E-state index contributed by atoms with van der Waals surface area (Å²) in [6.07, 6.45) is 13.5. The van der Waals surface area contributed by atoms with Gasteiger partial charge >= 0.3 is 23.8 Å². The van der Waals surface area contributed by atoms with Crippen molar-refractivity contribution in [1.29, 1.82) is 0 Å². The smallest absolute Gasteiger partial charge is 0.397 e. The Morgan fingerprint density at radius 2 is 1.38 bits per heavy atom. The molecular weight excluding hydrogens is 508 g/mol. The van der Waals surface area contributed by atoms with Gasteiger partial charge in [0, 0.05) is 6.04 Å². The van der Waals surface area contributed by atoms with Crippen molar-refractivity contribution in [2.45, 2.75) is 90.5 Å². The molecule has 4 saturated carbocycles.